The fourth-order valence-electron chi connectivity index (χ4n) is 2.27. The van der Waals surface area contributed by atoms with Crippen LogP contribution in [0.3, 0.4) is 0 Å². The van der Waals surface area contributed by atoms with Crippen LogP contribution in [0.2, 0.25) is 0 Å². The second-order valence-corrected chi connectivity index (χ2v) is 5.11. The van der Waals surface area contributed by atoms with Gasteiger partial charge in [-0.1, -0.05) is 24.3 Å². The Bertz CT molecular complexity index is 948. The summed E-state index contributed by atoms with van der Waals surface area (Å²) < 4.78 is 39.6. The van der Waals surface area contributed by atoms with E-state index < -0.39 is 17.3 Å². The van der Waals surface area contributed by atoms with Crippen molar-refractivity contribution in [2.24, 2.45) is 0 Å². The molecular formula is C17H12F3N3O. The SMILES string of the molecule is Nc1ccccc1-n1nc(-c2cccc(C(F)(F)F)c2)ccc1=O. The molecule has 0 amide bonds. The zero-order chi connectivity index (χ0) is 17.3. The summed E-state index contributed by atoms with van der Waals surface area (Å²) in [4.78, 5) is 12.0. The highest BCUT2D eigenvalue weighted by atomic mass is 19.4. The van der Waals surface area contributed by atoms with Crippen LogP contribution < -0.4 is 11.3 Å². The monoisotopic (exact) mass is 331 g/mol. The summed E-state index contributed by atoms with van der Waals surface area (Å²) in [6.07, 6.45) is -4.45. The first-order valence-corrected chi connectivity index (χ1v) is 6.99. The number of hydrogen-bond acceptors (Lipinski definition) is 3. The van der Waals surface area contributed by atoms with Crippen LogP contribution in [0.1, 0.15) is 5.56 Å². The van der Waals surface area contributed by atoms with Gasteiger partial charge < -0.3 is 5.73 Å². The molecule has 0 aliphatic rings. The zero-order valence-electron chi connectivity index (χ0n) is 12.3. The number of hydrogen-bond donors (Lipinski definition) is 1. The summed E-state index contributed by atoms with van der Waals surface area (Å²) in [6, 6.07) is 14.0. The summed E-state index contributed by atoms with van der Waals surface area (Å²) >= 11 is 0. The third-order valence-corrected chi connectivity index (χ3v) is 3.45. The Morgan fingerprint density at radius 1 is 0.958 bits per heavy atom. The highest BCUT2D eigenvalue weighted by Crippen LogP contribution is 2.31. The second-order valence-electron chi connectivity index (χ2n) is 5.11. The lowest BCUT2D eigenvalue weighted by molar-refractivity contribution is -0.137. The molecule has 0 aliphatic carbocycles. The number of para-hydroxylation sites is 2. The molecule has 0 atom stereocenters. The summed E-state index contributed by atoms with van der Waals surface area (Å²) in [5, 5.41) is 4.15. The molecule has 0 spiro atoms. The predicted molar refractivity (Wildman–Crippen MR) is 84.7 cm³/mol. The van der Waals surface area contributed by atoms with Crippen LogP contribution in [0.25, 0.3) is 16.9 Å². The molecule has 0 radical (unpaired) electrons. The maximum absolute atomic E-state index is 12.9. The highest BCUT2D eigenvalue weighted by Gasteiger charge is 2.30. The number of aromatic nitrogens is 2. The van der Waals surface area contributed by atoms with E-state index in [4.69, 9.17) is 5.73 Å². The predicted octanol–water partition coefficient (Wildman–Crippen LogP) is 3.50. The lowest BCUT2D eigenvalue weighted by Gasteiger charge is -2.11. The van der Waals surface area contributed by atoms with Crippen molar-refractivity contribution in [1.29, 1.82) is 0 Å². The van der Waals surface area contributed by atoms with E-state index in [2.05, 4.69) is 5.10 Å². The van der Waals surface area contributed by atoms with E-state index in [1.807, 2.05) is 0 Å². The number of anilines is 1. The molecule has 24 heavy (non-hydrogen) atoms. The number of rotatable bonds is 2. The molecule has 0 bridgehead atoms. The van der Waals surface area contributed by atoms with Gasteiger partial charge in [-0.05, 0) is 30.3 Å². The van der Waals surface area contributed by atoms with E-state index in [0.29, 0.717) is 11.4 Å². The first-order chi connectivity index (χ1) is 11.4. The molecular weight excluding hydrogens is 319 g/mol. The quantitative estimate of drug-likeness (QED) is 0.731. The molecule has 0 saturated heterocycles. The molecule has 2 aromatic carbocycles. The van der Waals surface area contributed by atoms with Gasteiger partial charge in [-0.15, -0.1) is 0 Å². The fourth-order valence-corrected chi connectivity index (χ4v) is 2.27. The maximum Gasteiger partial charge on any atom is 0.416 e. The minimum atomic E-state index is -4.45. The number of halogens is 3. The van der Waals surface area contributed by atoms with Gasteiger partial charge in [0.1, 0.15) is 0 Å². The van der Waals surface area contributed by atoms with Gasteiger partial charge in [-0.3, -0.25) is 4.79 Å². The summed E-state index contributed by atoms with van der Waals surface area (Å²) in [7, 11) is 0. The second kappa shape index (κ2) is 5.84. The van der Waals surface area contributed by atoms with Gasteiger partial charge in [-0.25, -0.2) is 0 Å². The van der Waals surface area contributed by atoms with Crippen molar-refractivity contribution < 1.29 is 13.2 Å². The minimum Gasteiger partial charge on any atom is -0.397 e. The molecule has 4 nitrogen and oxygen atoms in total. The van der Waals surface area contributed by atoms with Crippen LogP contribution in [0.4, 0.5) is 18.9 Å². The zero-order valence-corrected chi connectivity index (χ0v) is 12.3. The van der Waals surface area contributed by atoms with Crippen molar-refractivity contribution in [1.82, 2.24) is 9.78 Å². The molecule has 1 heterocycles. The van der Waals surface area contributed by atoms with Gasteiger partial charge in [0.05, 0.1) is 22.6 Å². The van der Waals surface area contributed by atoms with Crippen LogP contribution in [0, 0.1) is 0 Å². The van der Waals surface area contributed by atoms with Crippen molar-refractivity contribution in [2.75, 3.05) is 5.73 Å². The molecule has 7 heteroatoms. The molecule has 2 N–H and O–H groups in total. The normalized spacial score (nSPS) is 11.5. The Balaban J connectivity index is 2.14. The average Bonchev–Trinajstić information content (AvgIpc) is 2.55. The standard InChI is InChI=1S/C17H12F3N3O/c18-17(19,20)12-5-3-4-11(10-12)14-8-9-16(24)23(22-14)15-7-2-1-6-13(15)21/h1-10H,21H2. The van der Waals surface area contributed by atoms with Crippen molar-refractivity contribution >= 4 is 5.69 Å². The van der Waals surface area contributed by atoms with E-state index >= 15 is 0 Å². The Morgan fingerprint density at radius 2 is 1.71 bits per heavy atom. The largest absolute Gasteiger partial charge is 0.416 e. The van der Waals surface area contributed by atoms with Crippen molar-refractivity contribution in [2.45, 2.75) is 6.18 Å². The molecule has 0 fully saturated rings. The topological polar surface area (TPSA) is 60.9 Å². The first-order valence-electron chi connectivity index (χ1n) is 6.99. The van der Waals surface area contributed by atoms with E-state index in [0.717, 1.165) is 16.8 Å². The number of alkyl halides is 3. The Labute approximate surface area is 135 Å². The summed E-state index contributed by atoms with van der Waals surface area (Å²) in [6.45, 7) is 0. The van der Waals surface area contributed by atoms with E-state index in [9.17, 15) is 18.0 Å². The van der Waals surface area contributed by atoms with Gasteiger partial charge in [0.2, 0.25) is 0 Å². The van der Waals surface area contributed by atoms with Crippen LogP contribution in [0.15, 0.2) is 65.5 Å². The molecule has 0 aliphatic heterocycles. The van der Waals surface area contributed by atoms with Crippen molar-refractivity contribution in [3.8, 4) is 16.9 Å². The smallest absolute Gasteiger partial charge is 0.397 e. The number of nitrogen functional groups attached to an aromatic ring is 1. The van der Waals surface area contributed by atoms with E-state index in [-0.39, 0.29) is 11.3 Å². The minimum absolute atomic E-state index is 0.240. The Hall–Kier alpha value is -3.09. The number of nitrogens with two attached hydrogens (primary N) is 1. The van der Waals surface area contributed by atoms with Crippen LogP contribution in [0.5, 0.6) is 0 Å². The molecule has 3 rings (SSSR count). The van der Waals surface area contributed by atoms with Crippen molar-refractivity contribution in [3.05, 3.63) is 76.6 Å². The molecule has 3 aromatic rings. The van der Waals surface area contributed by atoms with Gasteiger partial charge in [-0.2, -0.15) is 23.0 Å². The molecule has 0 saturated carbocycles. The number of nitrogens with zero attached hydrogens (tertiary/aromatic N) is 2. The van der Waals surface area contributed by atoms with Gasteiger partial charge >= 0.3 is 6.18 Å². The molecule has 1 aromatic heterocycles. The molecule has 0 unspecified atom stereocenters. The van der Waals surface area contributed by atoms with Gasteiger partial charge in [0.25, 0.3) is 5.56 Å². The maximum atomic E-state index is 12.9. The van der Waals surface area contributed by atoms with Crippen molar-refractivity contribution in [3.63, 3.8) is 0 Å². The van der Waals surface area contributed by atoms with Crippen LogP contribution in [-0.2, 0) is 6.18 Å². The van der Waals surface area contributed by atoms with E-state index in [1.165, 1.54) is 24.3 Å². The third-order valence-electron chi connectivity index (χ3n) is 3.45. The third kappa shape index (κ3) is 3.01. The summed E-state index contributed by atoms with van der Waals surface area (Å²) in [5.41, 5.74) is 5.85. The Morgan fingerprint density at radius 3 is 2.42 bits per heavy atom. The average molecular weight is 331 g/mol. The lowest BCUT2D eigenvalue weighted by atomic mass is 10.1. The first kappa shape index (κ1) is 15.8. The number of benzene rings is 2. The lowest BCUT2D eigenvalue weighted by Crippen LogP contribution is -2.21. The Kier molecular flexibility index (Phi) is 3.84. The van der Waals surface area contributed by atoms with E-state index in [1.54, 1.807) is 24.3 Å². The fraction of sp³-hybridized carbons (Fsp3) is 0.0588. The highest BCUT2D eigenvalue weighted by molar-refractivity contribution is 5.61. The van der Waals surface area contributed by atoms with Gasteiger partial charge in [0, 0.05) is 11.6 Å². The van der Waals surface area contributed by atoms with Gasteiger partial charge in [0.15, 0.2) is 0 Å². The van der Waals surface area contributed by atoms with Crippen LogP contribution >= 0.6 is 0 Å². The van der Waals surface area contributed by atoms with Crippen LogP contribution in [-0.4, -0.2) is 9.78 Å². The molecule has 122 valence electrons. The summed E-state index contributed by atoms with van der Waals surface area (Å²) in [5.74, 6) is 0.